The van der Waals surface area contributed by atoms with E-state index in [1.165, 1.54) is 6.07 Å². The molecule has 1 saturated heterocycles. The van der Waals surface area contributed by atoms with E-state index < -0.39 is 5.82 Å². The van der Waals surface area contributed by atoms with Crippen molar-refractivity contribution in [3.8, 4) is 0 Å². The summed E-state index contributed by atoms with van der Waals surface area (Å²) in [6, 6.07) is 1.28. The monoisotopic (exact) mass is 293 g/mol. The van der Waals surface area contributed by atoms with Crippen molar-refractivity contribution >= 4 is 11.7 Å². The van der Waals surface area contributed by atoms with Crippen LogP contribution in [0.15, 0.2) is 12.3 Å². The quantitative estimate of drug-likeness (QED) is 0.926. The first-order valence-electron chi connectivity index (χ1n) is 7.68. The molecule has 0 radical (unpaired) electrons. The summed E-state index contributed by atoms with van der Waals surface area (Å²) in [7, 11) is 0. The molecule has 1 aromatic rings. The van der Waals surface area contributed by atoms with E-state index >= 15 is 0 Å². The minimum atomic E-state index is -0.476. The third-order valence-corrected chi connectivity index (χ3v) is 4.54. The van der Waals surface area contributed by atoms with E-state index in [4.69, 9.17) is 0 Å². The van der Waals surface area contributed by atoms with E-state index in [0.717, 1.165) is 38.5 Å². The number of piperidine rings is 1. The van der Waals surface area contributed by atoms with Crippen LogP contribution in [0, 0.1) is 11.2 Å². The summed E-state index contributed by atoms with van der Waals surface area (Å²) in [4.78, 5) is 18.4. The van der Waals surface area contributed by atoms with Gasteiger partial charge >= 0.3 is 0 Å². The molecule has 1 fully saturated rings. The molecule has 0 saturated carbocycles. The van der Waals surface area contributed by atoms with Gasteiger partial charge in [0.1, 0.15) is 11.6 Å². The van der Waals surface area contributed by atoms with Crippen molar-refractivity contribution in [2.75, 3.05) is 25.0 Å². The topological polar surface area (TPSA) is 45.2 Å². The lowest BCUT2D eigenvalue weighted by molar-refractivity contribution is 0.0600. The number of likely N-dealkylation sites (tertiary alicyclic amines) is 1. The van der Waals surface area contributed by atoms with Crippen molar-refractivity contribution in [2.45, 2.75) is 40.0 Å². The number of nitrogens with zero attached hydrogens (tertiary/aromatic N) is 2. The smallest absolute Gasteiger partial charge is 0.257 e. The Bertz CT molecular complexity index is 510. The van der Waals surface area contributed by atoms with E-state index in [1.807, 2.05) is 11.8 Å². The third kappa shape index (κ3) is 3.52. The maximum absolute atomic E-state index is 13.4. The highest BCUT2D eigenvalue weighted by Gasteiger charge is 2.31. The van der Waals surface area contributed by atoms with Gasteiger partial charge in [-0.05, 0) is 31.2 Å². The van der Waals surface area contributed by atoms with Crippen molar-refractivity contribution in [2.24, 2.45) is 5.41 Å². The van der Waals surface area contributed by atoms with Crippen LogP contribution in [-0.4, -0.2) is 35.4 Å². The Hall–Kier alpha value is -1.65. The molecule has 5 heteroatoms. The molecule has 1 aliphatic rings. The highest BCUT2D eigenvalue weighted by molar-refractivity contribution is 5.98. The minimum absolute atomic E-state index is 0.129. The first-order valence-corrected chi connectivity index (χ1v) is 7.68. The van der Waals surface area contributed by atoms with Gasteiger partial charge in [0, 0.05) is 19.6 Å². The van der Waals surface area contributed by atoms with Crippen molar-refractivity contribution in [1.82, 2.24) is 9.88 Å². The minimum Gasteiger partial charge on any atom is -0.370 e. The summed E-state index contributed by atoms with van der Waals surface area (Å²) in [6.45, 7) is 8.48. The van der Waals surface area contributed by atoms with Crippen LogP contribution in [0.1, 0.15) is 50.4 Å². The van der Waals surface area contributed by atoms with Gasteiger partial charge in [0.15, 0.2) is 0 Å². The molecule has 0 spiro atoms. The molecule has 0 bridgehead atoms. The number of carbonyl (C=O) groups excluding carboxylic acids is 1. The molecule has 0 aromatic carbocycles. The zero-order valence-corrected chi connectivity index (χ0v) is 13.1. The molecule has 1 N–H and O–H groups in total. The Morgan fingerprint density at radius 3 is 2.67 bits per heavy atom. The van der Waals surface area contributed by atoms with Crippen LogP contribution < -0.4 is 5.32 Å². The molecule has 2 rings (SSSR count). The highest BCUT2D eigenvalue weighted by atomic mass is 19.1. The second-order valence-corrected chi connectivity index (χ2v) is 6.04. The first-order chi connectivity index (χ1) is 9.99. The lowest BCUT2D eigenvalue weighted by atomic mass is 9.78. The van der Waals surface area contributed by atoms with Crippen molar-refractivity contribution in [3.05, 3.63) is 23.6 Å². The average Bonchev–Trinajstić information content (AvgIpc) is 2.49. The van der Waals surface area contributed by atoms with Gasteiger partial charge in [-0.2, -0.15) is 0 Å². The van der Waals surface area contributed by atoms with Gasteiger partial charge in [0.05, 0.1) is 11.8 Å². The van der Waals surface area contributed by atoms with Crippen LogP contribution in [0.2, 0.25) is 0 Å². The number of halogens is 1. The maximum atomic E-state index is 13.4. The first kappa shape index (κ1) is 15.7. The van der Waals surface area contributed by atoms with E-state index in [2.05, 4.69) is 24.1 Å². The van der Waals surface area contributed by atoms with Crippen LogP contribution in [0.5, 0.6) is 0 Å². The average molecular weight is 293 g/mol. The van der Waals surface area contributed by atoms with E-state index in [9.17, 15) is 9.18 Å². The lowest BCUT2D eigenvalue weighted by Gasteiger charge is -2.39. The number of aromatic nitrogens is 1. The molecule has 1 aliphatic heterocycles. The molecular weight excluding hydrogens is 269 g/mol. The van der Waals surface area contributed by atoms with E-state index in [1.54, 1.807) is 0 Å². The van der Waals surface area contributed by atoms with Crippen molar-refractivity contribution in [3.63, 3.8) is 0 Å². The van der Waals surface area contributed by atoms with Crippen LogP contribution in [-0.2, 0) is 0 Å². The number of pyridine rings is 1. The summed E-state index contributed by atoms with van der Waals surface area (Å²) in [6.07, 6.45) is 4.25. The zero-order chi connectivity index (χ0) is 15.5. The summed E-state index contributed by atoms with van der Waals surface area (Å²) in [5.41, 5.74) is 0.651. The van der Waals surface area contributed by atoms with Crippen LogP contribution in [0.4, 0.5) is 10.2 Å². The lowest BCUT2D eigenvalue weighted by Crippen LogP contribution is -2.42. The number of amides is 1. The van der Waals surface area contributed by atoms with E-state index in [0.29, 0.717) is 23.3 Å². The molecule has 4 nitrogen and oxygen atoms in total. The highest BCUT2D eigenvalue weighted by Crippen LogP contribution is 2.34. The van der Waals surface area contributed by atoms with Gasteiger partial charge < -0.3 is 10.2 Å². The summed E-state index contributed by atoms with van der Waals surface area (Å²) < 4.78 is 13.4. The Kier molecular flexibility index (Phi) is 4.80. The molecule has 0 aliphatic carbocycles. The fraction of sp³-hybridized carbons (Fsp3) is 0.625. The Morgan fingerprint density at radius 2 is 2.10 bits per heavy atom. The number of hydrogen-bond donors (Lipinski definition) is 1. The Labute approximate surface area is 125 Å². The second kappa shape index (κ2) is 6.41. The van der Waals surface area contributed by atoms with Crippen molar-refractivity contribution < 1.29 is 9.18 Å². The predicted molar refractivity (Wildman–Crippen MR) is 81.9 cm³/mol. The molecular formula is C16H24FN3O. The Morgan fingerprint density at radius 1 is 1.43 bits per heavy atom. The maximum Gasteiger partial charge on any atom is 0.257 e. The van der Waals surface area contributed by atoms with Crippen molar-refractivity contribution in [1.29, 1.82) is 0 Å². The number of nitrogens with one attached hydrogen (secondary N) is 1. The number of hydrogen-bond acceptors (Lipinski definition) is 3. The van der Waals surface area contributed by atoms with E-state index in [-0.39, 0.29) is 5.91 Å². The van der Waals surface area contributed by atoms with Crippen LogP contribution in [0.3, 0.4) is 0 Å². The van der Waals surface area contributed by atoms with Gasteiger partial charge in [0.25, 0.3) is 5.91 Å². The molecule has 1 amide bonds. The third-order valence-electron chi connectivity index (χ3n) is 4.54. The summed E-state index contributed by atoms with van der Waals surface area (Å²) >= 11 is 0. The van der Waals surface area contributed by atoms with Gasteiger partial charge in [-0.25, -0.2) is 9.37 Å². The number of rotatable bonds is 4. The molecule has 0 atom stereocenters. The van der Waals surface area contributed by atoms with Gasteiger partial charge in [0.2, 0.25) is 0 Å². The van der Waals surface area contributed by atoms with Crippen LogP contribution >= 0.6 is 0 Å². The molecule has 116 valence electrons. The van der Waals surface area contributed by atoms with Gasteiger partial charge in [-0.15, -0.1) is 0 Å². The molecule has 21 heavy (non-hydrogen) atoms. The molecule has 1 aromatic heterocycles. The fourth-order valence-electron chi connectivity index (χ4n) is 2.68. The normalized spacial score (nSPS) is 17.6. The summed E-state index contributed by atoms with van der Waals surface area (Å²) in [5, 5.41) is 3.03. The largest absolute Gasteiger partial charge is 0.370 e. The predicted octanol–water partition coefficient (Wildman–Crippen LogP) is 3.30. The number of carbonyl (C=O) groups is 1. The van der Waals surface area contributed by atoms with Gasteiger partial charge in [-0.3, -0.25) is 4.79 Å². The Balaban J connectivity index is 2.15. The molecule has 0 unspecified atom stereocenters. The number of anilines is 1. The molecule has 2 heterocycles. The fourth-order valence-corrected chi connectivity index (χ4v) is 2.68. The standard InChI is InChI=1S/C16H24FN3O/c1-4-16(3)6-8-20(9-7-16)15(21)13-10-12(17)11-19-14(13)18-5-2/h10-11H,4-9H2,1-3H3,(H,18,19). The SMILES string of the molecule is CCNc1ncc(F)cc1C(=O)N1CCC(C)(CC)CC1. The summed E-state index contributed by atoms with van der Waals surface area (Å²) in [5.74, 6) is -0.140. The van der Waals surface area contributed by atoms with Crippen LogP contribution in [0.25, 0.3) is 0 Å². The second-order valence-electron chi connectivity index (χ2n) is 6.04. The zero-order valence-electron chi connectivity index (χ0n) is 13.1. The van der Waals surface area contributed by atoms with Gasteiger partial charge in [-0.1, -0.05) is 20.3 Å².